The quantitative estimate of drug-likeness (QED) is 0.710. The molecule has 0 aliphatic carbocycles. The number of aryl methyl sites for hydroxylation is 1. The molecule has 3 N–H and O–H groups in total. The van der Waals surface area contributed by atoms with E-state index in [0.29, 0.717) is 17.3 Å². The number of methoxy groups -OCH3 is 1. The summed E-state index contributed by atoms with van der Waals surface area (Å²) in [6.45, 7) is 6.25. The Morgan fingerprint density at radius 1 is 1.43 bits per heavy atom. The zero-order chi connectivity index (χ0) is 16.0. The molecule has 0 saturated carbocycles. The van der Waals surface area contributed by atoms with Gasteiger partial charge in [-0.3, -0.25) is 0 Å². The van der Waals surface area contributed by atoms with Gasteiger partial charge in [-0.2, -0.15) is 0 Å². The molecule has 0 fully saturated rings. The van der Waals surface area contributed by atoms with E-state index in [2.05, 4.69) is 15.6 Å². The van der Waals surface area contributed by atoms with Gasteiger partial charge in [-0.05, 0) is 12.8 Å². The van der Waals surface area contributed by atoms with E-state index in [0.717, 1.165) is 11.3 Å². The van der Waals surface area contributed by atoms with E-state index in [-0.39, 0.29) is 29.4 Å². The number of carboxylic acid groups (broad SMARTS) is 1. The molecule has 0 bridgehead atoms. The molecule has 1 rings (SSSR count). The van der Waals surface area contributed by atoms with Crippen molar-refractivity contribution in [3.8, 4) is 0 Å². The largest absolute Gasteiger partial charge is 0.477 e. The number of ether oxygens (including phenoxy) is 1. The van der Waals surface area contributed by atoms with Gasteiger partial charge in [-0.25, -0.2) is 14.6 Å². The van der Waals surface area contributed by atoms with Gasteiger partial charge in [0.25, 0.3) is 0 Å². The van der Waals surface area contributed by atoms with Gasteiger partial charge in [0.15, 0.2) is 0 Å². The molecule has 1 aromatic heterocycles. The number of thiazole rings is 1. The van der Waals surface area contributed by atoms with Gasteiger partial charge in [-0.1, -0.05) is 13.8 Å². The molecule has 118 valence electrons. The average Bonchev–Trinajstić information content (AvgIpc) is 2.77. The lowest BCUT2D eigenvalue weighted by molar-refractivity contribution is 0.0701. The van der Waals surface area contributed by atoms with Crippen LogP contribution in [0.5, 0.6) is 0 Å². The highest BCUT2D eigenvalue weighted by molar-refractivity contribution is 7.13. The SMILES string of the molecule is COCC(NC(=O)NCc1nc(C)c(C(=O)O)s1)C(C)C. The van der Waals surface area contributed by atoms with Gasteiger partial charge in [0.1, 0.15) is 9.88 Å². The van der Waals surface area contributed by atoms with E-state index in [1.807, 2.05) is 13.8 Å². The number of hydrogen-bond acceptors (Lipinski definition) is 5. The molecular weight excluding hydrogens is 294 g/mol. The minimum Gasteiger partial charge on any atom is -0.477 e. The predicted octanol–water partition coefficient (Wildman–Crippen LogP) is 1.62. The lowest BCUT2D eigenvalue weighted by Crippen LogP contribution is -2.46. The number of carboxylic acids is 1. The third-order valence-corrected chi connectivity index (χ3v) is 4.05. The summed E-state index contributed by atoms with van der Waals surface area (Å²) < 4.78 is 5.06. The highest BCUT2D eigenvalue weighted by Gasteiger charge is 2.17. The van der Waals surface area contributed by atoms with Gasteiger partial charge >= 0.3 is 12.0 Å². The number of amides is 2. The first-order valence-corrected chi connectivity index (χ1v) is 7.39. The molecule has 8 heteroatoms. The fourth-order valence-corrected chi connectivity index (χ4v) is 2.53. The summed E-state index contributed by atoms with van der Waals surface area (Å²) in [7, 11) is 1.58. The summed E-state index contributed by atoms with van der Waals surface area (Å²) in [6.07, 6.45) is 0. The van der Waals surface area contributed by atoms with Crippen LogP contribution in [0.2, 0.25) is 0 Å². The number of aromatic carboxylic acids is 1. The lowest BCUT2D eigenvalue weighted by atomic mass is 10.1. The molecule has 1 unspecified atom stereocenters. The number of rotatable bonds is 7. The molecular formula is C13H21N3O4S. The molecule has 2 amide bonds. The molecule has 0 spiro atoms. The number of nitrogens with one attached hydrogen (secondary N) is 2. The molecule has 21 heavy (non-hydrogen) atoms. The maximum absolute atomic E-state index is 11.8. The topological polar surface area (TPSA) is 101 Å². The first-order valence-electron chi connectivity index (χ1n) is 6.58. The number of urea groups is 1. The highest BCUT2D eigenvalue weighted by Crippen LogP contribution is 2.17. The van der Waals surface area contributed by atoms with Crippen molar-refractivity contribution >= 4 is 23.3 Å². The number of carbonyl (C=O) groups is 2. The first-order chi connectivity index (χ1) is 9.85. The van der Waals surface area contributed by atoms with Gasteiger partial charge < -0.3 is 20.5 Å². The zero-order valence-corrected chi connectivity index (χ0v) is 13.4. The van der Waals surface area contributed by atoms with Crippen LogP contribution in [-0.4, -0.2) is 41.8 Å². The summed E-state index contributed by atoms with van der Waals surface area (Å²) >= 11 is 1.07. The van der Waals surface area contributed by atoms with Crippen molar-refractivity contribution < 1.29 is 19.4 Å². The molecule has 0 saturated heterocycles. The summed E-state index contributed by atoms with van der Waals surface area (Å²) in [5.41, 5.74) is 0.462. The maximum Gasteiger partial charge on any atom is 0.347 e. The first kappa shape index (κ1) is 17.4. The minimum absolute atomic E-state index is 0.0809. The summed E-state index contributed by atoms with van der Waals surface area (Å²) in [4.78, 5) is 27.1. The fraction of sp³-hybridized carbons (Fsp3) is 0.615. The second-order valence-corrected chi connectivity index (χ2v) is 6.04. The van der Waals surface area contributed by atoms with Gasteiger partial charge in [0.2, 0.25) is 0 Å². The summed E-state index contributed by atoms with van der Waals surface area (Å²) in [5, 5.41) is 15.0. The van der Waals surface area contributed by atoms with Crippen LogP contribution < -0.4 is 10.6 Å². The van der Waals surface area contributed by atoms with Crippen molar-refractivity contribution in [2.24, 2.45) is 5.92 Å². The van der Waals surface area contributed by atoms with Crippen LogP contribution in [0.3, 0.4) is 0 Å². The van der Waals surface area contributed by atoms with Crippen molar-refractivity contribution in [3.05, 3.63) is 15.6 Å². The van der Waals surface area contributed by atoms with Crippen LogP contribution in [0.25, 0.3) is 0 Å². The standard InChI is InChI=1S/C13H21N3O4S/c1-7(2)9(6-20-4)16-13(19)14-5-10-15-8(3)11(21-10)12(17)18/h7,9H,5-6H2,1-4H3,(H,17,18)(H2,14,16,19). The molecule has 7 nitrogen and oxygen atoms in total. The molecule has 1 aromatic rings. The minimum atomic E-state index is -0.999. The fourth-order valence-electron chi connectivity index (χ4n) is 1.68. The van der Waals surface area contributed by atoms with Crippen LogP contribution in [0.15, 0.2) is 0 Å². The Hall–Kier alpha value is -1.67. The van der Waals surface area contributed by atoms with Crippen LogP contribution in [0, 0.1) is 12.8 Å². The summed E-state index contributed by atoms with van der Waals surface area (Å²) in [5.74, 6) is -0.753. The molecule has 0 aliphatic rings. The van der Waals surface area contributed by atoms with Crippen LogP contribution in [0.4, 0.5) is 4.79 Å². The number of carbonyl (C=O) groups excluding carboxylic acids is 1. The average molecular weight is 315 g/mol. The van der Waals surface area contributed by atoms with Crippen molar-refractivity contribution in [2.45, 2.75) is 33.4 Å². The normalized spacial score (nSPS) is 12.2. The van der Waals surface area contributed by atoms with E-state index < -0.39 is 5.97 Å². The van der Waals surface area contributed by atoms with Gasteiger partial charge in [-0.15, -0.1) is 11.3 Å². The van der Waals surface area contributed by atoms with Gasteiger partial charge in [0.05, 0.1) is 24.9 Å². The Labute approximate surface area is 127 Å². The van der Waals surface area contributed by atoms with Crippen LogP contribution >= 0.6 is 11.3 Å². The van der Waals surface area contributed by atoms with Crippen molar-refractivity contribution in [2.75, 3.05) is 13.7 Å². The van der Waals surface area contributed by atoms with E-state index in [4.69, 9.17) is 9.84 Å². The molecule has 1 heterocycles. The molecule has 1 atom stereocenters. The second-order valence-electron chi connectivity index (χ2n) is 4.96. The van der Waals surface area contributed by atoms with E-state index >= 15 is 0 Å². The maximum atomic E-state index is 11.8. The van der Waals surface area contributed by atoms with Crippen molar-refractivity contribution in [1.29, 1.82) is 0 Å². The summed E-state index contributed by atoms with van der Waals surface area (Å²) in [6, 6.07) is -0.405. The monoisotopic (exact) mass is 315 g/mol. The Bertz CT molecular complexity index is 502. The number of aromatic nitrogens is 1. The smallest absolute Gasteiger partial charge is 0.347 e. The molecule has 0 aromatic carbocycles. The Kier molecular flexibility index (Phi) is 6.57. The third-order valence-electron chi connectivity index (χ3n) is 2.90. The van der Waals surface area contributed by atoms with Crippen molar-refractivity contribution in [3.63, 3.8) is 0 Å². The second kappa shape index (κ2) is 7.94. The van der Waals surface area contributed by atoms with E-state index in [1.54, 1.807) is 14.0 Å². The number of nitrogens with zero attached hydrogens (tertiary/aromatic N) is 1. The predicted molar refractivity (Wildman–Crippen MR) is 79.7 cm³/mol. The lowest BCUT2D eigenvalue weighted by Gasteiger charge is -2.21. The zero-order valence-electron chi connectivity index (χ0n) is 12.6. The van der Waals surface area contributed by atoms with Crippen LogP contribution in [-0.2, 0) is 11.3 Å². The van der Waals surface area contributed by atoms with E-state index in [1.165, 1.54) is 0 Å². The Balaban J connectivity index is 2.52. The van der Waals surface area contributed by atoms with E-state index in [9.17, 15) is 9.59 Å². The highest BCUT2D eigenvalue weighted by atomic mass is 32.1. The Morgan fingerprint density at radius 3 is 2.57 bits per heavy atom. The van der Waals surface area contributed by atoms with Crippen molar-refractivity contribution in [1.82, 2.24) is 15.6 Å². The number of hydrogen-bond donors (Lipinski definition) is 3. The molecule has 0 radical (unpaired) electrons. The Morgan fingerprint density at radius 2 is 2.10 bits per heavy atom. The van der Waals surface area contributed by atoms with Crippen LogP contribution in [0.1, 0.15) is 34.2 Å². The third kappa shape index (κ3) is 5.31. The van der Waals surface area contributed by atoms with Gasteiger partial charge in [0, 0.05) is 7.11 Å². The molecule has 0 aliphatic heterocycles.